The van der Waals surface area contributed by atoms with E-state index in [9.17, 15) is 4.79 Å². The van der Waals surface area contributed by atoms with Crippen molar-refractivity contribution in [2.24, 2.45) is 5.73 Å². The number of rotatable bonds is 1. The fourth-order valence-electron chi connectivity index (χ4n) is 3.27. The number of nitrogens with one attached hydrogen (secondary N) is 1. The lowest BCUT2D eigenvalue weighted by Gasteiger charge is -2.28. The van der Waals surface area contributed by atoms with Crippen molar-refractivity contribution < 1.29 is 9.53 Å². The molecule has 140 valence electrons. The van der Waals surface area contributed by atoms with Crippen LogP contribution in [0.3, 0.4) is 0 Å². The van der Waals surface area contributed by atoms with Crippen LogP contribution in [0.25, 0.3) is 0 Å². The number of alkyl carbamates (subject to hydrolysis) is 1. The van der Waals surface area contributed by atoms with Crippen LogP contribution >= 0.6 is 0 Å². The number of ether oxygens (including phenoxy) is 1. The van der Waals surface area contributed by atoms with E-state index in [4.69, 9.17) is 10.5 Å². The first kappa shape index (κ1) is 19.7. The molecule has 5 heteroatoms. The van der Waals surface area contributed by atoms with Crippen molar-refractivity contribution in [3.8, 4) is 0 Å². The van der Waals surface area contributed by atoms with Crippen LogP contribution < -0.4 is 11.1 Å². The summed E-state index contributed by atoms with van der Waals surface area (Å²) in [5.74, 6) is 0. The summed E-state index contributed by atoms with van der Waals surface area (Å²) >= 11 is 0. The van der Waals surface area contributed by atoms with Crippen LogP contribution in [0.4, 0.5) is 4.79 Å². The van der Waals surface area contributed by atoms with Crippen molar-refractivity contribution in [3.63, 3.8) is 0 Å². The van der Waals surface area contributed by atoms with E-state index in [-0.39, 0.29) is 12.1 Å². The molecule has 3 N–H and O–H groups in total. The Bertz CT molecular complexity index is 521. The number of nitrogens with two attached hydrogens (primary N) is 1. The molecular weight excluding hydrogens is 314 g/mol. The second-order valence-electron chi connectivity index (χ2n) is 8.07. The zero-order valence-corrected chi connectivity index (χ0v) is 15.9. The van der Waals surface area contributed by atoms with Crippen LogP contribution in [-0.4, -0.2) is 28.8 Å². The molecule has 5 nitrogen and oxygen atoms in total. The molecule has 1 heterocycles. The predicted octanol–water partition coefficient (Wildman–Crippen LogP) is 3.74. The molecule has 1 amide bonds. The highest BCUT2D eigenvalue weighted by molar-refractivity contribution is 5.68. The largest absolute Gasteiger partial charge is 0.444 e. The van der Waals surface area contributed by atoms with E-state index in [1.807, 2.05) is 33.0 Å². The Morgan fingerprint density at radius 1 is 1.20 bits per heavy atom. The molecule has 25 heavy (non-hydrogen) atoms. The zero-order valence-electron chi connectivity index (χ0n) is 15.9. The molecule has 1 fully saturated rings. The number of amides is 1. The van der Waals surface area contributed by atoms with E-state index >= 15 is 0 Å². The van der Waals surface area contributed by atoms with Crippen molar-refractivity contribution in [3.05, 3.63) is 29.6 Å². The number of aromatic nitrogens is 1. The minimum Gasteiger partial charge on any atom is -0.444 e. The predicted molar refractivity (Wildman–Crippen MR) is 100 cm³/mol. The van der Waals surface area contributed by atoms with Crippen LogP contribution in [0, 0.1) is 0 Å². The van der Waals surface area contributed by atoms with Gasteiger partial charge in [0.2, 0.25) is 0 Å². The Hall–Kier alpha value is -1.62. The summed E-state index contributed by atoms with van der Waals surface area (Å²) in [7, 11) is 0. The van der Waals surface area contributed by atoms with E-state index in [1.165, 1.54) is 36.9 Å². The molecule has 1 saturated carbocycles. The number of nitrogens with zero attached hydrogens (tertiary/aromatic N) is 1. The summed E-state index contributed by atoms with van der Waals surface area (Å²) < 4.78 is 5.19. The van der Waals surface area contributed by atoms with Gasteiger partial charge in [-0.1, -0.05) is 6.07 Å². The highest BCUT2D eigenvalue weighted by Gasteiger charge is 2.22. The molecule has 2 aliphatic rings. The molecule has 0 bridgehead atoms. The van der Waals surface area contributed by atoms with E-state index in [1.54, 1.807) is 0 Å². The van der Waals surface area contributed by atoms with Gasteiger partial charge in [0.25, 0.3) is 0 Å². The maximum atomic E-state index is 11.4. The van der Waals surface area contributed by atoms with Gasteiger partial charge in [0, 0.05) is 24.0 Å². The van der Waals surface area contributed by atoms with Crippen molar-refractivity contribution in [2.45, 2.75) is 89.8 Å². The number of aryl methyl sites for hydroxylation is 2. The highest BCUT2D eigenvalue weighted by atomic mass is 16.6. The second-order valence-corrected chi connectivity index (χ2v) is 8.07. The van der Waals surface area contributed by atoms with Crippen LogP contribution in [-0.2, 0) is 17.6 Å². The van der Waals surface area contributed by atoms with Gasteiger partial charge in [-0.2, -0.15) is 0 Å². The third-order valence-corrected chi connectivity index (χ3v) is 4.59. The number of hydrogen-bond donors (Lipinski definition) is 2. The fraction of sp³-hybridized carbons (Fsp3) is 0.700. The van der Waals surface area contributed by atoms with E-state index in [0.717, 1.165) is 25.7 Å². The summed E-state index contributed by atoms with van der Waals surface area (Å²) in [6.07, 6.45) is 10.6. The molecule has 0 unspecified atom stereocenters. The van der Waals surface area contributed by atoms with Crippen LogP contribution in [0.2, 0.25) is 0 Å². The average Bonchev–Trinajstić information content (AvgIpc) is 2.56. The molecule has 1 aromatic rings. The summed E-state index contributed by atoms with van der Waals surface area (Å²) in [4.78, 5) is 15.8. The number of fused-ring (bicyclic) bond motifs is 1. The molecule has 0 spiro atoms. The van der Waals surface area contributed by atoms with Gasteiger partial charge in [-0.05, 0) is 83.8 Å². The van der Waals surface area contributed by atoms with E-state index in [0.29, 0.717) is 6.04 Å². The second kappa shape index (κ2) is 9.18. The van der Waals surface area contributed by atoms with Gasteiger partial charge >= 0.3 is 6.09 Å². The Morgan fingerprint density at radius 2 is 1.88 bits per heavy atom. The Balaban J connectivity index is 0.000000194. The number of pyridine rings is 1. The first-order chi connectivity index (χ1) is 11.8. The van der Waals surface area contributed by atoms with Crippen molar-refractivity contribution in [2.75, 3.05) is 0 Å². The van der Waals surface area contributed by atoms with E-state index < -0.39 is 5.60 Å². The molecule has 2 aliphatic carbocycles. The van der Waals surface area contributed by atoms with Crippen LogP contribution in [0.5, 0.6) is 0 Å². The van der Waals surface area contributed by atoms with Crippen LogP contribution in [0.15, 0.2) is 18.3 Å². The molecule has 0 radical (unpaired) electrons. The van der Waals surface area contributed by atoms with Crippen molar-refractivity contribution >= 4 is 6.09 Å². The standard InChI is InChI=1S/C11H22N2O2.C9H11N/c1-11(2,3)15-10(14)13-9-6-4-8(12)5-7-9;1-2-6-9-8(4-1)5-3-7-10-9/h8-9H,4-7,12H2,1-3H3,(H,13,14);3,5,7H,1-2,4,6H2. The number of carbonyl (C=O) groups excluding carboxylic acids is 1. The monoisotopic (exact) mass is 347 g/mol. The SMILES string of the molecule is CC(C)(C)OC(=O)NC1CCC(N)CC1.c1cnc2c(c1)CCCC2. The maximum absolute atomic E-state index is 11.4. The molecule has 0 aromatic carbocycles. The van der Waals surface area contributed by atoms with Crippen LogP contribution in [0.1, 0.15) is 70.6 Å². The molecule has 0 saturated heterocycles. The fourth-order valence-corrected chi connectivity index (χ4v) is 3.27. The Kier molecular flexibility index (Phi) is 7.24. The van der Waals surface area contributed by atoms with Crippen molar-refractivity contribution in [1.82, 2.24) is 10.3 Å². The highest BCUT2D eigenvalue weighted by Crippen LogP contribution is 2.18. The van der Waals surface area contributed by atoms with Gasteiger partial charge < -0.3 is 15.8 Å². The minimum absolute atomic E-state index is 0.236. The molecule has 1 aromatic heterocycles. The Morgan fingerprint density at radius 3 is 2.52 bits per heavy atom. The first-order valence-electron chi connectivity index (χ1n) is 9.51. The molecular formula is C20H33N3O2. The maximum Gasteiger partial charge on any atom is 0.407 e. The quantitative estimate of drug-likeness (QED) is 0.811. The summed E-state index contributed by atoms with van der Waals surface area (Å²) in [6.45, 7) is 5.59. The van der Waals surface area contributed by atoms with Gasteiger partial charge in [-0.25, -0.2) is 4.79 Å². The molecule has 0 aliphatic heterocycles. The Labute approximate surface area is 151 Å². The van der Waals surface area contributed by atoms with Gasteiger partial charge in [0.15, 0.2) is 0 Å². The lowest BCUT2D eigenvalue weighted by molar-refractivity contribution is 0.0491. The third-order valence-electron chi connectivity index (χ3n) is 4.59. The average molecular weight is 348 g/mol. The van der Waals surface area contributed by atoms with Gasteiger partial charge in [0.1, 0.15) is 5.60 Å². The molecule has 3 rings (SSSR count). The number of hydrogen-bond acceptors (Lipinski definition) is 4. The first-order valence-corrected chi connectivity index (χ1v) is 9.51. The van der Waals surface area contributed by atoms with Gasteiger partial charge in [-0.3, -0.25) is 4.98 Å². The lowest BCUT2D eigenvalue weighted by Crippen LogP contribution is -2.42. The smallest absolute Gasteiger partial charge is 0.407 e. The topological polar surface area (TPSA) is 77.2 Å². The minimum atomic E-state index is -0.421. The van der Waals surface area contributed by atoms with E-state index in [2.05, 4.69) is 16.4 Å². The zero-order chi connectivity index (χ0) is 18.3. The molecule has 0 atom stereocenters. The summed E-state index contributed by atoms with van der Waals surface area (Å²) in [5, 5.41) is 2.88. The summed E-state index contributed by atoms with van der Waals surface area (Å²) in [5.41, 5.74) is 8.16. The summed E-state index contributed by atoms with van der Waals surface area (Å²) in [6, 6.07) is 4.77. The van der Waals surface area contributed by atoms with Gasteiger partial charge in [-0.15, -0.1) is 0 Å². The number of carbonyl (C=O) groups is 1. The normalized spacial score (nSPS) is 22.9. The van der Waals surface area contributed by atoms with Crippen molar-refractivity contribution in [1.29, 1.82) is 0 Å². The van der Waals surface area contributed by atoms with Gasteiger partial charge in [0.05, 0.1) is 0 Å². The third kappa shape index (κ3) is 7.43. The lowest BCUT2D eigenvalue weighted by atomic mass is 9.92.